The summed E-state index contributed by atoms with van der Waals surface area (Å²) in [7, 11) is -3.69. The van der Waals surface area contributed by atoms with E-state index in [1.54, 1.807) is 18.7 Å². The number of aromatic carboxylic acids is 1. The highest BCUT2D eigenvalue weighted by Gasteiger charge is 2.19. The molecule has 0 spiro atoms. The Balaban J connectivity index is 2.91. The molecule has 5 nitrogen and oxygen atoms in total. The van der Waals surface area contributed by atoms with Crippen molar-refractivity contribution in [3.63, 3.8) is 0 Å². The molecule has 0 unspecified atom stereocenters. The van der Waals surface area contributed by atoms with Crippen molar-refractivity contribution in [3.05, 3.63) is 27.7 Å². The summed E-state index contributed by atoms with van der Waals surface area (Å²) in [4.78, 5) is 11.1. The molecule has 0 amide bonds. The van der Waals surface area contributed by atoms with Gasteiger partial charge >= 0.3 is 5.97 Å². The van der Waals surface area contributed by atoms with Gasteiger partial charge in [-0.1, -0.05) is 15.9 Å². The number of hydrogen-bond acceptors (Lipinski definition) is 4. The molecular formula is C13H18BrNO4S2. The van der Waals surface area contributed by atoms with Crippen LogP contribution in [0, 0.1) is 6.92 Å². The topological polar surface area (TPSA) is 83.5 Å². The molecule has 2 N–H and O–H groups in total. The van der Waals surface area contributed by atoms with Crippen LogP contribution in [-0.2, 0) is 10.0 Å². The number of carboxylic acids is 1. The Morgan fingerprint density at radius 1 is 1.38 bits per heavy atom. The number of hydrogen-bond donors (Lipinski definition) is 2. The molecule has 1 aromatic carbocycles. The Hall–Kier alpha value is -0.570. The molecule has 0 atom stereocenters. The van der Waals surface area contributed by atoms with Crippen molar-refractivity contribution in [2.24, 2.45) is 0 Å². The van der Waals surface area contributed by atoms with Gasteiger partial charge in [-0.15, -0.1) is 0 Å². The van der Waals surface area contributed by atoms with E-state index in [9.17, 15) is 13.2 Å². The second-order valence-electron chi connectivity index (χ2n) is 4.48. The number of unbranched alkanes of at least 4 members (excludes halogenated alkanes) is 1. The van der Waals surface area contributed by atoms with Crippen LogP contribution in [0.5, 0.6) is 0 Å². The highest BCUT2D eigenvalue weighted by atomic mass is 79.9. The summed E-state index contributed by atoms with van der Waals surface area (Å²) >= 11 is 4.92. The normalized spacial score (nSPS) is 11.6. The van der Waals surface area contributed by atoms with E-state index in [4.69, 9.17) is 5.11 Å². The van der Waals surface area contributed by atoms with E-state index in [0.717, 1.165) is 18.6 Å². The Morgan fingerprint density at radius 2 is 2.05 bits per heavy atom. The van der Waals surface area contributed by atoms with Crippen LogP contribution >= 0.6 is 27.7 Å². The predicted molar refractivity (Wildman–Crippen MR) is 88.6 cm³/mol. The molecule has 0 aromatic heterocycles. The summed E-state index contributed by atoms with van der Waals surface area (Å²) < 4.78 is 27.3. The summed E-state index contributed by atoms with van der Waals surface area (Å²) in [6, 6.07) is 2.61. The summed E-state index contributed by atoms with van der Waals surface area (Å²) in [5, 5.41) is 9.12. The molecule has 118 valence electrons. The molecule has 21 heavy (non-hydrogen) atoms. The van der Waals surface area contributed by atoms with Crippen LogP contribution in [0.2, 0.25) is 0 Å². The van der Waals surface area contributed by atoms with Crippen LogP contribution in [0.25, 0.3) is 0 Å². The summed E-state index contributed by atoms with van der Waals surface area (Å²) in [5.41, 5.74) is 0.480. The Labute approximate surface area is 137 Å². The fourth-order valence-electron chi connectivity index (χ4n) is 1.69. The Morgan fingerprint density at radius 3 is 2.62 bits per heavy atom. The largest absolute Gasteiger partial charge is 0.478 e. The third-order valence-electron chi connectivity index (χ3n) is 2.93. The molecule has 0 aliphatic rings. The molecule has 0 aliphatic heterocycles. The maximum absolute atomic E-state index is 12.2. The number of thioether (sulfide) groups is 1. The number of nitrogens with one attached hydrogen (secondary N) is 1. The molecule has 0 heterocycles. The van der Waals surface area contributed by atoms with E-state index >= 15 is 0 Å². The molecule has 0 saturated carbocycles. The first-order valence-electron chi connectivity index (χ1n) is 6.31. The van der Waals surface area contributed by atoms with E-state index in [1.165, 1.54) is 12.1 Å². The second-order valence-corrected chi connectivity index (χ2v) is 8.09. The minimum atomic E-state index is -3.69. The molecule has 0 aliphatic carbocycles. The lowest BCUT2D eigenvalue weighted by Gasteiger charge is -2.10. The van der Waals surface area contributed by atoms with Gasteiger partial charge in [-0.05, 0) is 49.5 Å². The van der Waals surface area contributed by atoms with Gasteiger partial charge in [-0.25, -0.2) is 17.9 Å². The first-order valence-corrected chi connectivity index (χ1v) is 9.98. The monoisotopic (exact) mass is 395 g/mol. The van der Waals surface area contributed by atoms with Crippen LogP contribution in [0.3, 0.4) is 0 Å². The third kappa shape index (κ3) is 5.28. The first kappa shape index (κ1) is 18.5. The average molecular weight is 396 g/mol. The van der Waals surface area contributed by atoms with E-state index < -0.39 is 16.0 Å². The van der Waals surface area contributed by atoms with Crippen LogP contribution < -0.4 is 4.72 Å². The minimum Gasteiger partial charge on any atom is -0.478 e. The van der Waals surface area contributed by atoms with Gasteiger partial charge in [0.1, 0.15) is 0 Å². The SMILES string of the molecule is CSCCCCNS(=O)(=O)c1cc(Br)c(C)c(C(=O)O)c1. The third-order valence-corrected chi connectivity index (χ3v) is 5.89. The molecule has 1 rings (SSSR count). The lowest BCUT2D eigenvalue weighted by atomic mass is 10.1. The molecule has 0 saturated heterocycles. The lowest BCUT2D eigenvalue weighted by Crippen LogP contribution is -2.25. The minimum absolute atomic E-state index is 0.0212. The van der Waals surface area contributed by atoms with E-state index in [1.807, 2.05) is 6.26 Å². The summed E-state index contributed by atoms with van der Waals surface area (Å²) in [5.74, 6) is -0.161. The zero-order valence-corrected chi connectivity index (χ0v) is 15.1. The standard InChI is InChI=1S/C13H18BrNO4S2/c1-9-11(13(16)17)7-10(8-12(9)14)21(18,19)15-5-3-4-6-20-2/h7-8,15H,3-6H2,1-2H3,(H,16,17). The van der Waals surface area contributed by atoms with Crippen molar-refractivity contribution >= 4 is 43.7 Å². The van der Waals surface area contributed by atoms with E-state index in [-0.39, 0.29) is 10.5 Å². The number of sulfonamides is 1. The van der Waals surface area contributed by atoms with Crippen LogP contribution in [0.1, 0.15) is 28.8 Å². The number of carboxylic acid groups (broad SMARTS) is 1. The average Bonchev–Trinajstić information content (AvgIpc) is 2.40. The number of halogens is 1. The van der Waals surface area contributed by atoms with Gasteiger partial charge in [0, 0.05) is 11.0 Å². The number of benzene rings is 1. The van der Waals surface area contributed by atoms with Crippen molar-refractivity contribution in [2.75, 3.05) is 18.6 Å². The zero-order chi connectivity index (χ0) is 16.0. The maximum Gasteiger partial charge on any atom is 0.336 e. The predicted octanol–water partition coefficient (Wildman–Crippen LogP) is 2.88. The van der Waals surface area contributed by atoms with E-state index in [2.05, 4.69) is 20.7 Å². The Bertz CT molecular complexity index is 617. The van der Waals surface area contributed by atoms with Gasteiger partial charge in [0.05, 0.1) is 10.5 Å². The smallest absolute Gasteiger partial charge is 0.336 e. The lowest BCUT2D eigenvalue weighted by molar-refractivity contribution is 0.0695. The van der Waals surface area contributed by atoms with Crippen LogP contribution in [-0.4, -0.2) is 38.0 Å². The highest BCUT2D eigenvalue weighted by molar-refractivity contribution is 9.10. The quantitative estimate of drug-likeness (QED) is 0.661. The summed E-state index contributed by atoms with van der Waals surface area (Å²) in [6.45, 7) is 1.97. The van der Waals surface area contributed by atoms with Crippen molar-refractivity contribution in [2.45, 2.75) is 24.7 Å². The molecule has 1 aromatic rings. The molecule has 8 heteroatoms. The van der Waals surface area contributed by atoms with E-state index in [0.29, 0.717) is 16.6 Å². The van der Waals surface area contributed by atoms with Gasteiger partial charge in [-0.3, -0.25) is 0 Å². The second kappa shape index (κ2) is 8.17. The zero-order valence-electron chi connectivity index (χ0n) is 11.8. The number of carbonyl (C=O) groups is 1. The first-order chi connectivity index (χ1) is 9.79. The fourth-order valence-corrected chi connectivity index (χ4v) is 3.92. The molecular weight excluding hydrogens is 378 g/mol. The van der Waals surface area contributed by atoms with Gasteiger partial charge < -0.3 is 5.11 Å². The molecule has 0 fully saturated rings. The van der Waals surface area contributed by atoms with Crippen molar-refractivity contribution in [1.82, 2.24) is 4.72 Å². The number of rotatable bonds is 8. The fraction of sp³-hybridized carbons (Fsp3) is 0.462. The Kier molecular flexibility index (Phi) is 7.19. The van der Waals surface area contributed by atoms with Gasteiger partial charge in [0.15, 0.2) is 0 Å². The van der Waals surface area contributed by atoms with Crippen LogP contribution in [0.4, 0.5) is 0 Å². The molecule has 0 bridgehead atoms. The summed E-state index contributed by atoms with van der Waals surface area (Å²) in [6.07, 6.45) is 3.68. The van der Waals surface area contributed by atoms with Gasteiger partial charge in [-0.2, -0.15) is 11.8 Å². The van der Waals surface area contributed by atoms with Crippen molar-refractivity contribution < 1.29 is 18.3 Å². The van der Waals surface area contributed by atoms with Gasteiger partial charge in [0.25, 0.3) is 0 Å². The maximum atomic E-state index is 12.2. The highest BCUT2D eigenvalue weighted by Crippen LogP contribution is 2.25. The van der Waals surface area contributed by atoms with Gasteiger partial charge in [0.2, 0.25) is 10.0 Å². The van der Waals surface area contributed by atoms with Crippen molar-refractivity contribution in [1.29, 1.82) is 0 Å². The van der Waals surface area contributed by atoms with Crippen molar-refractivity contribution in [3.8, 4) is 0 Å². The molecule has 0 radical (unpaired) electrons. The van der Waals surface area contributed by atoms with Crippen LogP contribution in [0.15, 0.2) is 21.5 Å².